The summed E-state index contributed by atoms with van der Waals surface area (Å²) in [7, 11) is 0. The van der Waals surface area contributed by atoms with Crippen LogP contribution in [-0.2, 0) is 5.41 Å². The lowest BCUT2D eigenvalue weighted by atomic mass is 9.39. The summed E-state index contributed by atoms with van der Waals surface area (Å²) >= 11 is 0. The lowest BCUT2D eigenvalue weighted by molar-refractivity contribution is 0.632. The van der Waals surface area contributed by atoms with Crippen LogP contribution in [0.25, 0.3) is 49.8 Å². The van der Waals surface area contributed by atoms with Gasteiger partial charge in [0.15, 0.2) is 0 Å². The number of para-hydroxylation sites is 4. The first-order valence-electron chi connectivity index (χ1n) is 18.0. The van der Waals surface area contributed by atoms with Crippen molar-refractivity contribution in [2.45, 2.75) is 19.3 Å². The van der Waals surface area contributed by atoms with Crippen molar-refractivity contribution in [3.8, 4) is 16.9 Å². The van der Waals surface area contributed by atoms with Gasteiger partial charge in [0.1, 0.15) is 0 Å². The molecule has 11 rings (SSSR count). The van der Waals surface area contributed by atoms with Crippen molar-refractivity contribution in [1.82, 2.24) is 14.5 Å². The fourth-order valence-electron chi connectivity index (χ4n) is 9.05. The van der Waals surface area contributed by atoms with E-state index in [1.54, 1.807) is 0 Å². The van der Waals surface area contributed by atoms with Gasteiger partial charge in [-0.15, -0.1) is 0 Å². The van der Waals surface area contributed by atoms with Gasteiger partial charge in [-0.2, -0.15) is 0 Å². The maximum atomic E-state index is 5.34. The van der Waals surface area contributed by atoms with E-state index in [4.69, 9.17) is 9.97 Å². The van der Waals surface area contributed by atoms with E-state index in [9.17, 15) is 0 Å². The van der Waals surface area contributed by atoms with Crippen molar-refractivity contribution in [2.24, 2.45) is 0 Å². The molecular formula is C47H33BN4. The summed E-state index contributed by atoms with van der Waals surface area (Å²) in [6.07, 6.45) is 2.06. The van der Waals surface area contributed by atoms with Gasteiger partial charge in [0.05, 0.1) is 51.0 Å². The molecule has 9 aromatic rings. The van der Waals surface area contributed by atoms with E-state index in [1.165, 1.54) is 49.8 Å². The Morgan fingerprint density at radius 1 is 0.577 bits per heavy atom. The van der Waals surface area contributed by atoms with Gasteiger partial charge in [-0.25, -0.2) is 4.98 Å². The second-order valence-corrected chi connectivity index (χ2v) is 14.6. The lowest BCUT2D eigenvalue weighted by Gasteiger charge is -2.41. The van der Waals surface area contributed by atoms with Gasteiger partial charge in [0, 0.05) is 16.5 Å². The normalized spacial score (nSPS) is 14.0. The number of benzene rings is 6. The summed E-state index contributed by atoms with van der Waals surface area (Å²) in [5.74, 6) is 0. The van der Waals surface area contributed by atoms with Crippen molar-refractivity contribution in [1.29, 1.82) is 0 Å². The molecule has 0 N–H and O–H groups in total. The minimum absolute atomic E-state index is 0.0758. The standard InChI is InChI=1S/C47H33BN4/c1-47(2)36-18-8-12-22-42(36)52(43-23-13-9-19-37(43)47)33-28-44-46(49-29-33)35-27-31(24-25-41(35)51(44)32-15-4-3-5-16-32)48-38-20-10-7-17-34(38)45-39(48)26-30-14-6-11-21-40(30)50-45/h3-29H,1-2H3. The van der Waals surface area contributed by atoms with Crippen molar-refractivity contribution >= 4 is 73.0 Å². The summed E-state index contributed by atoms with van der Waals surface area (Å²) in [6.45, 7) is 4.73. The van der Waals surface area contributed by atoms with Crippen LogP contribution < -0.4 is 21.3 Å². The number of nitrogens with zero attached hydrogens (tertiary/aromatic N) is 4. The van der Waals surface area contributed by atoms with Crippen LogP contribution in [0.2, 0.25) is 0 Å². The van der Waals surface area contributed by atoms with Gasteiger partial charge >= 0.3 is 0 Å². The Hall–Kier alpha value is -6.46. The van der Waals surface area contributed by atoms with Crippen LogP contribution in [0.3, 0.4) is 0 Å². The van der Waals surface area contributed by atoms with Crippen LogP contribution in [0.1, 0.15) is 25.0 Å². The molecule has 3 aromatic heterocycles. The molecule has 4 nitrogen and oxygen atoms in total. The molecule has 0 spiro atoms. The van der Waals surface area contributed by atoms with E-state index in [0.29, 0.717) is 0 Å². The summed E-state index contributed by atoms with van der Waals surface area (Å²) in [5.41, 5.74) is 17.4. The number of pyridine rings is 2. The number of anilines is 3. The van der Waals surface area contributed by atoms with Crippen LogP contribution >= 0.6 is 0 Å². The Morgan fingerprint density at radius 3 is 2.08 bits per heavy atom. The number of fused-ring (bicyclic) bond motifs is 9. The molecule has 0 aliphatic carbocycles. The van der Waals surface area contributed by atoms with Gasteiger partial charge < -0.3 is 9.47 Å². The summed E-state index contributed by atoms with van der Waals surface area (Å²) in [6, 6.07) is 57.2. The SMILES string of the molecule is CC1(C)c2ccccc2N(c2cnc3c4cc(B5c6ccccc6-c6nc7ccccc7cc65)ccc4n(-c4ccccc4)c3c2)c2ccccc21. The minimum atomic E-state index is -0.129. The molecule has 0 radical (unpaired) electrons. The molecule has 52 heavy (non-hydrogen) atoms. The zero-order valence-electron chi connectivity index (χ0n) is 29.0. The average Bonchev–Trinajstić information content (AvgIpc) is 3.69. The van der Waals surface area contributed by atoms with Crippen molar-refractivity contribution < 1.29 is 0 Å². The highest BCUT2D eigenvalue weighted by Gasteiger charge is 2.37. The first-order chi connectivity index (χ1) is 25.6. The maximum Gasteiger partial charge on any atom is 0.244 e. The number of hydrogen-bond donors (Lipinski definition) is 0. The maximum absolute atomic E-state index is 5.34. The van der Waals surface area contributed by atoms with Crippen LogP contribution in [0.15, 0.2) is 164 Å². The number of aromatic nitrogens is 3. The molecular weight excluding hydrogens is 631 g/mol. The quantitative estimate of drug-likeness (QED) is 0.177. The van der Waals surface area contributed by atoms with Crippen LogP contribution in [0.5, 0.6) is 0 Å². The first-order valence-corrected chi connectivity index (χ1v) is 18.0. The minimum Gasteiger partial charge on any atom is -0.308 e. The van der Waals surface area contributed by atoms with Crippen molar-refractivity contribution in [2.75, 3.05) is 4.90 Å². The van der Waals surface area contributed by atoms with E-state index in [2.05, 4.69) is 187 Å². The fraction of sp³-hybridized carbons (Fsp3) is 0.0638. The van der Waals surface area contributed by atoms with Gasteiger partial charge in [0.25, 0.3) is 0 Å². The molecule has 0 bridgehead atoms. The third-order valence-corrected chi connectivity index (χ3v) is 11.4. The predicted molar refractivity (Wildman–Crippen MR) is 217 cm³/mol. The molecule has 0 unspecified atom stereocenters. The Labute approximate surface area is 302 Å². The largest absolute Gasteiger partial charge is 0.308 e. The molecule has 0 saturated carbocycles. The highest BCUT2D eigenvalue weighted by Crippen LogP contribution is 2.52. The molecule has 0 amide bonds. The molecule has 2 aliphatic rings. The summed E-state index contributed by atoms with van der Waals surface area (Å²) in [5, 5.41) is 2.31. The van der Waals surface area contributed by atoms with E-state index in [-0.39, 0.29) is 12.1 Å². The third-order valence-electron chi connectivity index (χ3n) is 11.4. The Kier molecular flexibility index (Phi) is 6.07. The number of hydrogen-bond acceptors (Lipinski definition) is 3. The predicted octanol–water partition coefficient (Wildman–Crippen LogP) is 9.33. The van der Waals surface area contributed by atoms with Crippen molar-refractivity contribution in [3.63, 3.8) is 0 Å². The molecule has 0 fully saturated rings. The second kappa shape index (κ2) is 10.8. The summed E-state index contributed by atoms with van der Waals surface area (Å²) in [4.78, 5) is 12.9. The zero-order chi connectivity index (χ0) is 34.6. The van der Waals surface area contributed by atoms with Crippen LogP contribution in [0.4, 0.5) is 17.1 Å². The van der Waals surface area contributed by atoms with E-state index >= 15 is 0 Å². The summed E-state index contributed by atoms with van der Waals surface area (Å²) < 4.78 is 2.38. The van der Waals surface area contributed by atoms with E-state index < -0.39 is 0 Å². The Morgan fingerprint density at radius 2 is 1.27 bits per heavy atom. The second-order valence-electron chi connectivity index (χ2n) is 14.6. The Bertz CT molecular complexity index is 2860. The molecule has 0 atom stereocenters. The van der Waals surface area contributed by atoms with Gasteiger partial charge in [-0.1, -0.05) is 140 Å². The fourth-order valence-corrected chi connectivity index (χ4v) is 9.05. The average molecular weight is 665 g/mol. The molecule has 5 heterocycles. The van der Waals surface area contributed by atoms with Crippen LogP contribution in [0, 0.1) is 0 Å². The molecule has 244 valence electrons. The monoisotopic (exact) mass is 664 g/mol. The third kappa shape index (κ3) is 4.05. The topological polar surface area (TPSA) is 34.0 Å². The van der Waals surface area contributed by atoms with Crippen molar-refractivity contribution in [3.05, 3.63) is 175 Å². The number of rotatable bonds is 3. The molecule has 2 aliphatic heterocycles. The van der Waals surface area contributed by atoms with Crippen LogP contribution in [-0.4, -0.2) is 21.2 Å². The van der Waals surface area contributed by atoms with E-state index in [0.717, 1.165) is 44.5 Å². The Balaban J connectivity index is 1.15. The lowest BCUT2D eigenvalue weighted by Crippen LogP contribution is -2.48. The van der Waals surface area contributed by atoms with E-state index in [1.807, 2.05) is 0 Å². The highest BCUT2D eigenvalue weighted by atomic mass is 15.2. The highest BCUT2D eigenvalue weighted by molar-refractivity contribution is 6.99. The molecule has 6 aromatic carbocycles. The van der Waals surface area contributed by atoms with Gasteiger partial charge in [-0.05, 0) is 70.0 Å². The zero-order valence-corrected chi connectivity index (χ0v) is 29.0. The first kappa shape index (κ1) is 29.3. The molecule has 0 saturated heterocycles. The van der Waals surface area contributed by atoms with Gasteiger partial charge in [0.2, 0.25) is 6.71 Å². The smallest absolute Gasteiger partial charge is 0.244 e. The van der Waals surface area contributed by atoms with Gasteiger partial charge in [-0.3, -0.25) is 4.98 Å². The molecule has 5 heteroatoms.